The van der Waals surface area contributed by atoms with Gasteiger partial charge in [-0.1, -0.05) is 35.8 Å². The van der Waals surface area contributed by atoms with Crippen molar-refractivity contribution < 1.29 is 149 Å². The minimum atomic E-state index is -4.99. The molecule has 0 aliphatic rings. The number of methoxy groups -OCH3 is 2. The molecular formula is C42H30N9Na3O13S2. The van der Waals surface area contributed by atoms with Crippen LogP contribution in [0.4, 0.5) is 51.2 Å². The monoisotopic (exact) mass is 1000 g/mol. The summed E-state index contributed by atoms with van der Waals surface area (Å²) in [6.45, 7) is 0. The van der Waals surface area contributed by atoms with Crippen molar-refractivity contribution in [2.75, 3.05) is 31.0 Å². The van der Waals surface area contributed by atoms with E-state index in [4.69, 9.17) is 20.9 Å². The number of nitrogens with two attached hydrogens (primary N) is 2. The predicted octanol–water partition coefficient (Wildman–Crippen LogP) is -2.57. The summed E-state index contributed by atoms with van der Waals surface area (Å²) in [5.74, 6) is -5.11. The number of benzene rings is 7. The second-order valence-electron chi connectivity index (χ2n) is 13.8. The molecule has 7 aromatic carbocycles. The first kappa shape index (κ1) is 56.0. The Bertz CT molecular complexity index is 3510. The van der Waals surface area contributed by atoms with Crippen molar-refractivity contribution in [1.29, 1.82) is 0 Å². The van der Waals surface area contributed by atoms with E-state index in [1.54, 1.807) is 24.3 Å². The van der Waals surface area contributed by atoms with Crippen LogP contribution in [0, 0.1) is 0 Å². The van der Waals surface area contributed by atoms with E-state index in [1.807, 2.05) is 0 Å². The van der Waals surface area contributed by atoms with Gasteiger partial charge >= 0.3 is 88.7 Å². The van der Waals surface area contributed by atoms with Crippen molar-refractivity contribution in [2.24, 2.45) is 30.7 Å². The SMILES string of the molecule is COc1cc(-c2ccc(N=Nc3c(S(=O)(=O)O)cc4ccc(N)cc4c3[O-])c(OC)c2)ccc1N=Nc1ccc(N=Nc2c(S(=O)(=O)O)cc3ccc(N)cc3c2[O-])cc1NC(=O)C(=O)[O-].[Na+].[Na+].[Na+]. The molecule has 7 aromatic rings. The summed E-state index contributed by atoms with van der Waals surface area (Å²) in [5, 5.41) is 64.4. The Hall–Kier alpha value is -5.58. The van der Waals surface area contributed by atoms with Gasteiger partial charge in [-0.15, -0.1) is 25.6 Å². The molecule has 27 heteroatoms. The minimum Gasteiger partial charge on any atom is -0.871 e. The zero-order valence-electron chi connectivity index (χ0n) is 36.9. The molecule has 336 valence electrons. The maximum Gasteiger partial charge on any atom is 1.00 e. The van der Waals surface area contributed by atoms with Crippen molar-refractivity contribution in [3.63, 3.8) is 0 Å². The van der Waals surface area contributed by atoms with E-state index in [0.717, 1.165) is 18.2 Å². The predicted molar refractivity (Wildman–Crippen MR) is 233 cm³/mol. The van der Waals surface area contributed by atoms with Crippen molar-refractivity contribution in [3.05, 3.63) is 103 Å². The number of ether oxygens (including phenoxy) is 2. The van der Waals surface area contributed by atoms with Crippen LogP contribution in [0.25, 0.3) is 32.7 Å². The van der Waals surface area contributed by atoms with Gasteiger partial charge in [-0.25, -0.2) is 0 Å². The number of carbonyl (C=O) groups excluding carboxylic acids is 2. The fourth-order valence-corrected chi connectivity index (χ4v) is 7.73. The molecule has 22 nitrogen and oxygen atoms in total. The number of carboxylic acids is 1. The zero-order chi connectivity index (χ0) is 47.7. The standard InChI is InChI=1S/C42H33N9O13S2.3Na/c1-63-33-13-20(21-6-11-31(34(14-21)64-2)49-51-38-36(66(60,61)62)16-23-4-8-25(44)18-28(23)40(38)53)5-10-30(33)48-47-29-12-9-26(19-32(29)45-41(54)42(55)56)46-50-37-35(65(57,58)59)15-22-3-7-24(43)17-27(22)39(37)52;;;/h3-19,52-53H,43-44H2,1-2H3,(H,45,54)(H,55,56)(H,57,58,59)(H,60,61,62);;;/q;3*+1/p-3. The van der Waals surface area contributed by atoms with Crippen molar-refractivity contribution in [2.45, 2.75) is 9.79 Å². The summed E-state index contributed by atoms with van der Waals surface area (Å²) in [6, 6.07) is 23.4. The van der Waals surface area contributed by atoms with Gasteiger partial charge in [-0.2, -0.15) is 21.9 Å². The largest absolute Gasteiger partial charge is 1.00 e. The minimum absolute atomic E-state index is 0. The topological polar surface area (TPSA) is 369 Å². The van der Waals surface area contributed by atoms with Crippen LogP contribution >= 0.6 is 0 Å². The summed E-state index contributed by atoms with van der Waals surface area (Å²) in [6.07, 6.45) is 0. The number of hydrogen-bond acceptors (Lipinski definition) is 19. The maximum absolute atomic E-state index is 13.3. The molecule has 0 unspecified atom stereocenters. The van der Waals surface area contributed by atoms with Gasteiger partial charge in [0.2, 0.25) is 0 Å². The fourth-order valence-electron chi connectivity index (χ4n) is 6.42. The number of carbonyl (C=O) groups is 2. The van der Waals surface area contributed by atoms with Gasteiger partial charge in [0.05, 0.1) is 37.0 Å². The van der Waals surface area contributed by atoms with Gasteiger partial charge in [0.25, 0.3) is 26.1 Å². The van der Waals surface area contributed by atoms with Gasteiger partial charge < -0.3 is 46.4 Å². The smallest absolute Gasteiger partial charge is 0.871 e. The number of amides is 1. The Balaban J connectivity index is 0.00000346. The van der Waals surface area contributed by atoms with Gasteiger partial charge in [-0.3, -0.25) is 13.9 Å². The van der Waals surface area contributed by atoms with Gasteiger partial charge in [0.15, 0.2) is 0 Å². The number of aliphatic carboxylic acids is 1. The molecular weight excluding hydrogens is 972 g/mol. The number of azo groups is 3. The first-order chi connectivity index (χ1) is 31.2. The average Bonchev–Trinajstić information content (AvgIpc) is 3.27. The van der Waals surface area contributed by atoms with E-state index in [2.05, 4.69) is 36.0 Å². The van der Waals surface area contributed by atoms with Crippen LogP contribution in [0.3, 0.4) is 0 Å². The number of nitrogens with one attached hydrogen (secondary N) is 1. The molecule has 0 radical (unpaired) electrons. The molecule has 0 fully saturated rings. The van der Waals surface area contributed by atoms with Crippen LogP contribution in [0.1, 0.15) is 0 Å². The Morgan fingerprint density at radius 2 is 0.986 bits per heavy atom. The summed E-state index contributed by atoms with van der Waals surface area (Å²) in [4.78, 5) is 22.0. The van der Waals surface area contributed by atoms with Crippen molar-refractivity contribution in [1.82, 2.24) is 0 Å². The maximum atomic E-state index is 13.3. The van der Waals surface area contributed by atoms with E-state index in [-0.39, 0.29) is 162 Å². The molecule has 1 amide bonds. The van der Waals surface area contributed by atoms with Crippen LogP contribution < -0.4 is 130 Å². The van der Waals surface area contributed by atoms with Crippen LogP contribution in [0.5, 0.6) is 23.0 Å². The summed E-state index contributed by atoms with van der Waals surface area (Å²) >= 11 is 0. The number of nitrogens with zero attached hydrogens (tertiary/aromatic N) is 6. The van der Waals surface area contributed by atoms with Crippen molar-refractivity contribution in [3.8, 4) is 34.1 Å². The average molecular weight is 1000 g/mol. The summed E-state index contributed by atoms with van der Waals surface area (Å²) in [5.41, 5.74) is 11.5. The molecule has 0 heterocycles. The Kier molecular flexibility index (Phi) is 18.6. The second-order valence-corrected chi connectivity index (χ2v) is 16.6. The molecule has 69 heavy (non-hydrogen) atoms. The Morgan fingerprint density at radius 3 is 1.42 bits per heavy atom. The second kappa shape index (κ2) is 22.9. The summed E-state index contributed by atoms with van der Waals surface area (Å²) in [7, 11) is -7.20. The Labute approximate surface area is 457 Å². The molecule has 0 aliphatic heterocycles. The fraction of sp³-hybridized carbons (Fsp3) is 0.0476. The summed E-state index contributed by atoms with van der Waals surface area (Å²) < 4.78 is 79.7. The number of anilines is 3. The molecule has 0 spiro atoms. The molecule has 7 N–H and O–H groups in total. The quantitative estimate of drug-likeness (QED) is 0.0276. The van der Waals surface area contributed by atoms with Crippen LogP contribution in [0.2, 0.25) is 0 Å². The van der Waals surface area contributed by atoms with E-state index >= 15 is 0 Å². The van der Waals surface area contributed by atoms with Gasteiger partial charge in [0.1, 0.15) is 44.3 Å². The zero-order valence-corrected chi connectivity index (χ0v) is 44.5. The van der Waals surface area contributed by atoms with E-state index in [0.29, 0.717) is 11.1 Å². The molecule has 7 rings (SSSR count). The van der Waals surface area contributed by atoms with E-state index in [1.165, 1.54) is 74.9 Å². The molecule has 0 saturated carbocycles. The van der Waals surface area contributed by atoms with E-state index < -0.39 is 64.8 Å². The third kappa shape index (κ3) is 12.6. The molecule has 0 saturated heterocycles. The first-order valence-corrected chi connectivity index (χ1v) is 21.4. The molecule has 0 aromatic heterocycles. The molecule has 0 bridgehead atoms. The number of nitrogen functional groups attached to an aromatic ring is 2. The third-order valence-corrected chi connectivity index (χ3v) is 11.3. The molecule has 0 aliphatic carbocycles. The van der Waals surface area contributed by atoms with E-state index in [9.17, 15) is 50.8 Å². The number of hydrogen-bond donors (Lipinski definition) is 5. The third-order valence-electron chi connectivity index (χ3n) is 9.57. The Morgan fingerprint density at radius 1 is 0.565 bits per heavy atom. The normalized spacial score (nSPS) is 11.6. The van der Waals surface area contributed by atoms with Crippen LogP contribution in [0.15, 0.2) is 144 Å². The van der Waals surface area contributed by atoms with Crippen molar-refractivity contribution >= 4 is 105 Å². The van der Waals surface area contributed by atoms with Crippen LogP contribution in [-0.2, 0) is 29.8 Å². The number of carboxylic acid groups (broad SMARTS) is 1. The van der Waals surface area contributed by atoms with Gasteiger partial charge in [-0.05, 0) is 112 Å². The number of rotatable bonds is 12. The molecule has 0 atom stereocenters. The first-order valence-electron chi connectivity index (χ1n) is 18.5. The van der Waals surface area contributed by atoms with Gasteiger partial charge in [0, 0.05) is 11.4 Å². The van der Waals surface area contributed by atoms with Crippen LogP contribution in [-0.4, -0.2) is 52.0 Å². The number of fused-ring (bicyclic) bond motifs is 2.